The van der Waals surface area contributed by atoms with E-state index >= 15 is 0 Å². The van der Waals surface area contributed by atoms with E-state index in [9.17, 15) is 4.79 Å². The maximum atomic E-state index is 12.7. The van der Waals surface area contributed by atoms with Crippen molar-refractivity contribution in [3.8, 4) is 0 Å². The number of carbonyl (C=O) groups is 1. The topological polar surface area (TPSA) is 38.8 Å². The summed E-state index contributed by atoms with van der Waals surface area (Å²) < 4.78 is 10.5. The lowest BCUT2D eigenvalue weighted by atomic mass is 9.95. The van der Waals surface area contributed by atoms with Gasteiger partial charge in [-0.3, -0.25) is 4.79 Å². The van der Waals surface area contributed by atoms with Crippen LogP contribution in [0.1, 0.15) is 30.0 Å². The highest BCUT2D eigenvalue weighted by molar-refractivity contribution is 5.98. The molecule has 4 nitrogen and oxygen atoms in total. The van der Waals surface area contributed by atoms with E-state index < -0.39 is 6.10 Å². The zero-order valence-electron chi connectivity index (χ0n) is 13.4. The summed E-state index contributed by atoms with van der Waals surface area (Å²) in [5.41, 5.74) is 4.78. The smallest absolute Gasteiger partial charge is 0.255 e. The molecule has 1 amide bonds. The summed E-state index contributed by atoms with van der Waals surface area (Å²) in [5.74, 6) is 0.0407. The highest BCUT2D eigenvalue weighted by atomic mass is 16.5. The number of hydrogen-bond donors (Lipinski definition) is 0. The molecule has 0 N–H and O–H groups in total. The molecule has 1 heterocycles. The zero-order valence-corrected chi connectivity index (χ0v) is 13.4. The van der Waals surface area contributed by atoms with Crippen molar-refractivity contribution in [2.24, 2.45) is 0 Å². The van der Waals surface area contributed by atoms with Crippen molar-refractivity contribution in [3.05, 3.63) is 28.8 Å². The van der Waals surface area contributed by atoms with Crippen molar-refractivity contribution in [1.82, 2.24) is 0 Å². The average Bonchev–Trinajstić information content (AvgIpc) is 2.45. The van der Waals surface area contributed by atoms with Gasteiger partial charge in [-0.15, -0.1) is 0 Å². The van der Waals surface area contributed by atoms with Gasteiger partial charge in [0, 0.05) is 19.3 Å². The molecule has 1 aliphatic rings. The monoisotopic (exact) mass is 291 g/mol. The van der Waals surface area contributed by atoms with Crippen LogP contribution in [-0.2, 0) is 20.7 Å². The van der Waals surface area contributed by atoms with Crippen molar-refractivity contribution in [2.75, 3.05) is 31.8 Å². The van der Waals surface area contributed by atoms with Crippen LogP contribution in [0.15, 0.2) is 12.1 Å². The summed E-state index contributed by atoms with van der Waals surface area (Å²) >= 11 is 0. The molecule has 0 aromatic heterocycles. The molecule has 1 aliphatic heterocycles. The third-order valence-electron chi connectivity index (χ3n) is 3.89. The van der Waals surface area contributed by atoms with Gasteiger partial charge in [0.1, 0.15) is 6.10 Å². The molecule has 2 rings (SSSR count). The third-order valence-corrected chi connectivity index (χ3v) is 3.89. The molecule has 4 heteroatoms. The molecule has 0 saturated heterocycles. The summed E-state index contributed by atoms with van der Waals surface area (Å²) in [6, 6.07) is 4.33. The van der Waals surface area contributed by atoms with Gasteiger partial charge in [0.05, 0.1) is 13.2 Å². The first-order chi connectivity index (χ1) is 10.0. The summed E-state index contributed by atoms with van der Waals surface area (Å²) in [7, 11) is 1.63. The predicted octanol–water partition coefficient (Wildman–Crippen LogP) is 2.63. The van der Waals surface area contributed by atoms with Gasteiger partial charge >= 0.3 is 0 Å². The quantitative estimate of drug-likeness (QED) is 0.783. The van der Waals surface area contributed by atoms with Gasteiger partial charge in [-0.2, -0.15) is 0 Å². The van der Waals surface area contributed by atoms with Crippen molar-refractivity contribution < 1.29 is 14.3 Å². The van der Waals surface area contributed by atoms with Crippen LogP contribution in [0.25, 0.3) is 0 Å². The molecule has 0 bridgehead atoms. The lowest BCUT2D eigenvalue weighted by molar-refractivity contribution is -0.129. The maximum Gasteiger partial charge on any atom is 0.255 e. The van der Waals surface area contributed by atoms with Crippen LogP contribution in [0.3, 0.4) is 0 Å². The van der Waals surface area contributed by atoms with E-state index in [0.29, 0.717) is 13.2 Å². The van der Waals surface area contributed by atoms with Crippen molar-refractivity contribution >= 4 is 11.6 Å². The van der Waals surface area contributed by atoms with Gasteiger partial charge < -0.3 is 14.4 Å². The number of methoxy groups -OCH3 is 1. The second-order valence-corrected chi connectivity index (χ2v) is 5.69. The molecular formula is C17H25NO3. The molecule has 1 aromatic rings. The Hall–Kier alpha value is -1.39. The Morgan fingerprint density at radius 1 is 1.33 bits per heavy atom. The van der Waals surface area contributed by atoms with E-state index in [2.05, 4.69) is 26.0 Å². The summed E-state index contributed by atoms with van der Waals surface area (Å²) in [5, 5.41) is 0. The van der Waals surface area contributed by atoms with E-state index in [4.69, 9.17) is 9.47 Å². The first-order valence-electron chi connectivity index (χ1n) is 7.56. The Balaban J connectivity index is 2.17. The predicted molar refractivity (Wildman–Crippen MR) is 83.9 cm³/mol. The minimum absolute atomic E-state index is 0.0407. The number of amides is 1. The highest BCUT2D eigenvalue weighted by Crippen LogP contribution is 2.32. The first-order valence-corrected chi connectivity index (χ1v) is 7.56. The van der Waals surface area contributed by atoms with E-state index in [1.807, 2.05) is 11.8 Å². The fourth-order valence-electron chi connectivity index (χ4n) is 2.98. The van der Waals surface area contributed by atoms with Gasteiger partial charge in [-0.1, -0.05) is 17.7 Å². The Morgan fingerprint density at radius 2 is 2.10 bits per heavy atom. The molecule has 1 atom stereocenters. The Labute approximate surface area is 127 Å². The van der Waals surface area contributed by atoms with E-state index in [0.717, 1.165) is 25.1 Å². The van der Waals surface area contributed by atoms with Crippen LogP contribution in [-0.4, -0.2) is 38.9 Å². The van der Waals surface area contributed by atoms with Crippen LogP contribution in [0, 0.1) is 13.8 Å². The molecule has 21 heavy (non-hydrogen) atoms. The van der Waals surface area contributed by atoms with Gasteiger partial charge in [-0.25, -0.2) is 0 Å². The van der Waals surface area contributed by atoms with Crippen LogP contribution in [0.5, 0.6) is 0 Å². The van der Waals surface area contributed by atoms with Gasteiger partial charge in [0.2, 0.25) is 0 Å². The molecule has 0 spiro atoms. The third kappa shape index (κ3) is 3.63. The van der Waals surface area contributed by atoms with Crippen LogP contribution < -0.4 is 4.90 Å². The number of ether oxygens (including phenoxy) is 2. The SMILES string of the molecule is COCCOC(C)C(=O)N1CCCc2cc(C)cc(C)c21. The fraction of sp³-hybridized carbons (Fsp3) is 0.588. The molecule has 116 valence electrons. The maximum absolute atomic E-state index is 12.7. The summed E-state index contributed by atoms with van der Waals surface area (Å²) in [6.07, 6.45) is 1.61. The number of nitrogens with zero attached hydrogens (tertiary/aromatic N) is 1. The number of benzene rings is 1. The zero-order chi connectivity index (χ0) is 15.4. The van der Waals surface area contributed by atoms with E-state index in [1.54, 1.807) is 7.11 Å². The van der Waals surface area contributed by atoms with E-state index in [1.165, 1.54) is 16.7 Å². The van der Waals surface area contributed by atoms with E-state index in [-0.39, 0.29) is 5.91 Å². The van der Waals surface area contributed by atoms with Gasteiger partial charge in [-0.05, 0) is 44.7 Å². The largest absolute Gasteiger partial charge is 0.382 e. The minimum Gasteiger partial charge on any atom is -0.382 e. The lowest BCUT2D eigenvalue weighted by Gasteiger charge is -2.33. The minimum atomic E-state index is -0.438. The van der Waals surface area contributed by atoms with Crippen LogP contribution >= 0.6 is 0 Å². The van der Waals surface area contributed by atoms with Gasteiger partial charge in [0.25, 0.3) is 5.91 Å². The normalized spacial score (nSPS) is 15.7. The molecule has 0 fully saturated rings. The first kappa shape index (κ1) is 16.0. The standard InChI is InChI=1S/C17H25NO3/c1-12-10-13(2)16-15(11-12)6-5-7-18(16)17(19)14(3)21-9-8-20-4/h10-11,14H,5-9H2,1-4H3. The number of hydrogen-bond acceptors (Lipinski definition) is 3. The summed E-state index contributed by atoms with van der Waals surface area (Å²) in [6.45, 7) is 7.71. The Bertz CT molecular complexity index is 513. The molecule has 1 aromatic carbocycles. The van der Waals surface area contributed by atoms with Crippen molar-refractivity contribution in [2.45, 2.75) is 39.7 Å². The molecule has 0 saturated carbocycles. The lowest BCUT2D eigenvalue weighted by Crippen LogP contribution is -2.42. The fourth-order valence-corrected chi connectivity index (χ4v) is 2.98. The average molecular weight is 291 g/mol. The highest BCUT2D eigenvalue weighted by Gasteiger charge is 2.28. The van der Waals surface area contributed by atoms with Crippen molar-refractivity contribution in [1.29, 1.82) is 0 Å². The number of fused-ring (bicyclic) bond motifs is 1. The van der Waals surface area contributed by atoms with Crippen LogP contribution in [0.2, 0.25) is 0 Å². The van der Waals surface area contributed by atoms with Crippen molar-refractivity contribution in [3.63, 3.8) is 0 Å². The second-order valence-electron chi connectivity index (χ2n) is 5.69. The number of anilines is 1. The number of rotatable bonds is 5. The van der Waals surface area contributed by atoms with Gasteiger partial charge in [0.15, 0.2) is 0 Å². The Morgan fingerprint density at radius 3 is 2.81 bits per heavy atom. The summed E-state index contributed by atoms with van der Waals surface area (Å²) in [4.78, 5) is 14.5. The molecular weight excluding hydrogens is 266 g/mol. The number of aryl methyl sites for hydroxylation is 3. The molecule has 0 radical (unpaired) electrons. The number of carbonyl (C=O) groups excluding carboxylic acids is 1. The Kier molecular flexibility index (Phi) is 5.37. The second kappa shape index (κ2) is 7.05. The van der Waals surface area contributed by atoms with Crippen LogP contribution in [0.4, 0.5) is 5.69 Å². The molecule has 1 unspecified atom stereocenters. The molecule has 0 aliphatic carbocycles.